The molecule has 0 spiro atoms. The molecule has 1 aliphatic carbocycles. The van der Waals surface area contributed by atoms with Gasteiger partial charge in [0, 0.05) is 5.56 Å². The summed E-state index contributed by atoms with van der Waals surface area (Å²) in [4.78, 5) is 12.1. The molecule has 1 heterocycles. The highest BCUT2D eigenvalue weighted by atomic mass is 16.6. The Kier molecular flexibility index (Phi) is 6.02. The van der Waals surface area contributed by atoms with Crippen LogP contribution in [0.5, 0.6) is 5.75 Å². The van der Waals surface area contributed by atoms with E-state index in [4.69, 9.17) is 9.37 Å². The number of aromatic nitrogens is 2. The maximum atomic E-state index is 12.1. The van der Waals surface area contributed by atoms with Crippen LogP contribution in [-0.4, -0.2) is 28.0 Å². The fourth-order valence-corrected chi connectivity index (χ4v) is 3.95. The first-order valence-corrected chi connectivity index (χ1v) is 10.8. The van der Waals surface area contributed by atoms with Gasteiger partial charge in [-0.1, -0.05) is 38.8 Å². The molecule has 0 bridgehead atoms. The summed E-state index contributed by atoms with van der Waals surface area (Å²) in [5.74, 6) is 0.420. The van der Waals surface area contributed by atoms with Crippen molar-refractivity contribution in [1.82, 2.24) is 10.3 Å². The zero-order chi connectivity index (χ0) is 21.1. The molecule has 0 radical (unpaired) electrons. The van der Waals surface area contributed by atoms with Crippen molar-refractivity contribution in [2.45, 2.75) is 51.9 Å². The number of fused-ring (bicyclic) bond motifs is 1. The summed E-state index contributed by atoms with van der Waals surface area (Å²) in [6, 6.07) is 11.5. The maximum Gasteiger partial charge on any atom is 0.310 e. The first kappa shape index (κ1) is 20.4. The Balaban J connectivity index is 1.71. The van der Waals surface area contributed by atoms with Crippen LogP contribution in [0.15, 0.2) is 41.0 Å². The van der Waals surface area contributed by atoms with Crippen molar-refractivity contribution in [2.24, 2.45) is 11.8 Å². The fourth-order valence-electron chi connectivity index (χ4n) is 3.95. The molecule has 1 N–H and O–H groups in total. The van der Waals surface area contributed by atoms with Crippen LogP contribution in [0.3, 0.4) is 0 Å². The quantitative estimate of drug-likeness (QED) is 0.465. The highest BCUT2D eigenvalue weighted by molar-refractivity contribution is 5.84. The van der Waals surface area contributed by atoms with E-state index < -0.39 is 11.9 Å². The van der Waals surface area contributed by atoms with Crippen molar-refractivity contribution >= 4 is 17.0 Å². The smallest absolute Gasteiger partial charge is 0.310 e. The molecule has 0 amide bonds. The number of carboxylic acid groups (broad SMARTS) is 1. The van der Waals surface area contributed by atoms with Gasteiger partial charge in [0.25, 0.3) is 0 Å². The van der Waals surface area contributed by atoms with Crippen molar-refractivity contribution < 1.29 is 19.3 Å². The average Bonchev–Trinajstić information content (AvgIpc) is 3.45. The van der Waals surface area contributed by atoms with Gasteiger partial charge in [-0.3, -0.25) is 4.79 Å². The molecule has 30 heavy (non-hydrogen) atoms. The molecule has 6 heteroatoms. The lowest BCUT2D eigenvalue weighted by Crippen LogP contribution is -2.15. The standard InChI is InChI=1S/C24H28N2O4/c1-3-4-15(2)11-20(24(27)28)17-8-10-23(29-14-16-5-6-16)19(12-17)18-7-9-21-22(13-18)26-30-25-21/h7-10,12-13,15-16,20H,3-6,11,14H2,1-2H3,(H,27,28). The van der Waals surface area contributed by atoms with E-state index in [1.165, 1.54) is 12.8 Å². The third-order valence-corrected chi connectivity index (χ3v) is 5.86. The van der Waals surface area contributed by atoms with Gasteiger partial charge in [0.05, 0.1) is 12.5 Å². The van der Waals surface area contributed by atoms with Gasteiger partial charge in [0.1, 0.15) is 16.8 Å². The molecule has 1 aromatic heterocycles. The molecule has 1 fully saturated rings. The molecule has 2 aromatic carbocycles. The van der Waals surface area contributed by atoms with Crippen LogP contribution in [0.25, 0.3) is 22.2 Å². The molecule has 2 unspecified atom stereocenters. The van der Waals surface area contributed by atoms with Crippen molar-refractivity contribution in [2.75, 3.05) is 6.61 Å². The lowest BCUT2D eigenvalue weighted by atomic mass is 9.86. The molecule has 1 saturated carbocycles. The Bertz CT molecular complexity index is 1020. The van der Waals surface area contributed by atoms with Gasteiger partial charge in [-0.25, -0.2) is 4.63 Å². The minimum absolute atomic E-state index is 0.350. The summed E-state index contributed by atoms with van der Waals surface area (Å²) >= 11 is 0. The first-order chi connectivity index (χ1) is 14.5. The minimum Gasteiger partial charge on any atom is -0.493 e. The van der Waals surface area contributed by atoms with Crippen molar-refractivity contribution in [3.8, 4) is 16.9 Å². The number of hydrogen-bond donors (Lipinski definition) is 1. The van der Waals surface area contributed by atoms with Gasteiger partial charge in [-0.15, -0.1) is 0 Å². The molecule has 6 nitrogen and oxygen atoms in total. The molecule has 0 aliphatic heterocycles. The van der Waals surface area contributed by atoms with Crippen LogP contribution in [0.2, 0.25) is 0 Å². The molecule has 0 saturated heterocycles. The second-order valence-electron chi connectivity index (χ2n) is 8.50. The van der Waals surface area contributed by atoms with Crippen LogP contribution in [0.1, 0.15) is 57.4 Å². The SMILES string of the molecule is CCCC(C)CC(C(=O)O)c1ccc(OCC2CC2)c(-c2ccc3nonc3c2)c1. The van der Waals surface area contributed by atoms with E-state index in [2.05, 4.69) is 24.2 Å². The van der Waals surface area contributed by atoms with Crippen LogP contribution in [0.4, 0.5) is 0 Å². The predicted octanol–water partition coefficient (Wildman–Crippen LogP) is 5.67. The van der Waals surface area contributed by atoms with Crippen LogP contribution >= 0.6 is 0 Å². The second kappa shape index (κ2) is 8.86. The number of carbonyl (C=O) groups is 1. The van der Waals surface area contributed by atoms with E-state index in [1.807, 2.05) is 36.4 Å². The number of ether oxygens (including phenoxy) is 1. The molecular formula is C24H28N2O4. The Morgan fingerprint density at radius 2 is 2.00 bits per heavy atom. The second-order valence-corrected chi connectivity index (χ2v) is 8.50. The normalized spacial score (nSPS) is 15.8. The number of carboxylic acids is 1. The van der Waals surface area contributed by atoms with Gasteiger partial charge in [-0.2, -0.15) is 0 Å². The minimum atomic E-state index is -0.785. The highest BCUT2D eigenvalue weighted by Gasteiger charge is 2.25. The molecular weight excluding hydrogens is 380 g/mol. The number of rotatable bonds is 10. The first-order valence-electron chi connectivity index (χ1n) is 10.8. The summed E-state index contributed by atoms with van der Waals surface area (Å²) in [6.07, 6.45) is 5.12. The summed E-state index contributed by atoms with van der Waals surface area (Å²) < 4.78 is 10.9. The van der Waals surface area contributed by atoms with Gasteiger partial charge in [0.2, 0.25) is 0 Å². The van der Waals surface area contributed by atoms with E-state index in [0.717, 1.165) is 35.3 Å². The van der Waals surface area contributed by atoms with E-state index in [0.29, 0.717) is 35.9 Å². The number of benzene rings is 2. The Hall–Kier alpha value is -2.89. The van der Waals surface area contributed by atoms with E-state index in [-0.39, 0.29) is 0 Å². The van der Waals surface area contributed by atoms with Crippen molar-refractivity contribution in [3.05, 3.63) is 42.0 Å². The third kappa shape index (κ3) is 4.64. The van der Waals surface area contributed by atoms with E-state index >= 15 is 0 Å². The number of aliphatic carboxylic acids is 1. The van der Waals surface area contributed by atoms with Crippen molar-refractivity contribution in [3.63, 3.8) is 0 Å². The average molecular weight is 408 g/mol. The Morgan fingerprint density at radius 3 is 2.73 bits per heavy atom. The summed E-state index contributed by atoms with van der Waals surface area (Å²) in [6.45, 7) is 4.94. The van der Waals surface area contributed by atoms with E-state index in [9.17, 15) is 9.90 Å². The molecule has 3 aromatic rings. The highest BCUT2D eigenvalue weighted by Crippen LogP contribution is 2.38. The van der Waals surface area contributed by atoms with Gasteiger partial charge >= 0.3 is 5.97 Å². The summed E-state index contributed by atoms with van der Waals surface area (Å²) in [7, 11) is 0. The van der Waals surface area contributed by atoms with Gasteiger partial charge in [0.15, 0.2) is 0 Å². The zero-order valence-corrected chi connectivity index (χ0v) is 17.5. The summed E-state index contributed by atoms with van der Waals surface area (Å²) in [5.41, 5.74) is 3.95. The van der Waals surface area contributed by atoms with Crippen molar-refractivity contribution in [1.29, 1.82) is 0 Å². The number of nitrogens with zero attached hydrogens (tertiary/aromatic N) is 2. The lowest BCUT2D eigenvalue weighted by molar-refractivity contribution is -0.139. The van der Waals surface area contributed by atoms with Gasteiger partial charge < -0.3 is 9.84 Å². The molecule has 2 atom stereocenters. The monoisotopic (exact) mass is 408 g/mol. The number of hydrogen-bond acceptors (Lipinski definition) is 5. The Morgan fingerprint density at radius 1 is 1.20 bits per heavy atom. The fraction of sp³-hybridized carbons (Fsp3) is 0.458. The Labute approximate surface area is 176 Å². The van der Waals surface area contributed by atoms with Crippen LogP contribution < -0.4 is 4.74 Å². The third-order valence-electron chi connectivity index (χ3n) is 5.86. The molecule has 158 valence electrons. The maximum absolute atomic E-state index is 12.1. The molecule has 1 aliphatic rings. The summed E-state index contributed by atoms with van der Waals surface area (Å²) in [5, 5.41) is 17.7. The van der Waals surface area contributed by atoms with Gasteiger partial charge in [-0.05, 0) is 76.8 Å². The zero-order valence-electron chi connectivity index (χ0n) is 17.5. The lowest BCUT2D eigenvalue weighted by Gasteiger charge is -2.20. The molecule has 4 rings (SSSR count). The van der Waals surface area contributed by atoms with Crippen LogP contribution in [-0.2, 0) is 4.79 Å². The van der Waals surface area contributed by atoms with Crippen LogP contribution in [0, 0.1) is 11.8 Å². The largest absolute Gasteiger partial charge is 0.493 e. The topological polar surface area (TPSA) is 85.5 Å². The predicted molar refractivity (Wildman–Crippen MR) is 115 cm³/mol. The van der Waals surface area contributed by atoms with E-state index in [1.54, 1.807) is 0 Å².